The highest BCUT2D eigenvalue weighted by molar-refractivity contribution is 7.98. The fraction of sp³-hybridized carbons (Fsp3) is 0.800. The minimum atomic E-state index is -0.662. The van der Waals surface area contributed by atoms with Crippen LogP contribution >= 0.6 is 11.8 Å². The maximum atomic E-state index is 11.8. The molecular formula is C10H21N3O2S. The molecule has 0 heterocycles. The molecule has 3 amide bonds. The smallest absolute Gasteiger partial charge is 0.312 e. The Labute approximate surface area is 101 Å². The summed E-state index contributed by atoms with van der Waals surface area (Å²) in [7, 11) is 0. The van der Waals surface area contributed by atoms with E-state index < -0.39 is 12.1 Å². The van der Waals surface area contributed by atoms with E-state index in [1.807, 2.05) is 20.1 Å². The first-order chi connectivity index (χ1) is 7.51. The van der Waals surface area contributed by atoms with Crippen molar-refractivity contribution in [2.75, 3.05) is 12.0 Å². The highest BCUT2D eigenvalue weighted by Gasteiger charge is 2.20. The molecule has 0 rings (SSSR count). The maximum absolute atomic E-state index is 11.8. The van der Waals surface area contributed by atoms with Crippen molar-refractivity contribution in [2.24, 2.45) is 5.73 Å². The molecule has 0 aliphatic carbocycles. The Balaban J connectivity index is 4.25. The molecule has 2 atom stereocenters. The van der Waals surface area contributed by atoms with Gasteiger partial charge in [-0.3, -0.25) is 4.79 Å². The van der Waals surface area contributed by atoms with E-state index in [-0.39, 0.29) is 11.9 Å². The Kier molecular flexibility index (Phi) is 7.80. The predicted octanol–water partition coefficient (Wildman–Crippen LogP) is 0.691. The maximum Gasteiger partial charge on any atom is 0.312 e. The summed E-state index contributed by atoms with van der Waals surface area (Å²) in [5, 5.41) is 5.28. The van der Waals surface area contributed by atoms with Gasteiger partial charge in [-0.2, -0.15) is 11.8 Å². The van der Waals surface area contributed by atoms with E-state index in [4.69, 9.17) is 5.73 Å². The molecule has 0 saturated heterocycles. The van der Waals surface area contributed by atoms with Gasteiger partial charge in [0.05, 0.1) is 0 Å². The third kappa shape index (κ3) is 6.55. The fourth-order valence-electron chi connectivity index (χ4n) is 1.12. The van der Waals surface area contributed by atoms with Crippen LogP contribution in [0.25, 0.3) is 0 Å². The van der Waals surface area contributed by atoms with Gasteiger partial charge in [0.15, 0.2) is 0 Å². The monoisotopic (exact) mass is 247 g/mol. The largest absolute Gasteiger partial charge is 0.352 e. The van der Waals surface area contributed by atoms with Crippen LogP contribution in [0.4, 0.5) is 4.79 Å². The second-order valence-corrected chi connectivity index (χ2v) is 4.65. The van der Waals surface area contributed by atoms with Crippen LogP contribution in [0.15, 0.2) is 0 Å². The summed E-state index contributed by atoms with van der Waals surface area (Å²) < 4.78 is 0. The summed E-state index contributed by atoms with van der Waals surface area (Å²) in [6.45, 7) is 3.91. The van der Waals surface area contributed by atoms with Gasteiger partial charge in [-0.15, -0.1) is 0 Å². The Bertz CT molecular complexity index is 236. The Morgan fingerprint density at radius 1 is 1.38 bits per heavy atom. The zero-order chi connectivity index (χ0) is 12.6. The summed E-state index contributed by atoms with van der Waals surface area (Å²) in [4.78, 5) is 22.5. The number of primary amides is 1. The van der Waals surface area contributed by atoms with E-state index in [2.05, 4.69) is 10.6 Å². The van der Waals surface area contributed by atoms with Gasteiger partial charge in [-0.25, -0.2) is 4.79 Å². The van der Waals surface area contributed by atoms with Crippen molar-refractivity contribution in [2.45, 2.75) is 38.8 Å². The number of amides is 3. The van der Waals surface area contributed by atoms with Gasteiger partial charge >= 0.3 is 6.03 Å². The van der Waals surface area contributed by atoms with Crippen LogP contribution in [0.2, 0.25) is 0 Å². The van der Waals surface area contributed by atoms with Gasteiger partial charge in [-0.05, 0) is 31.8 Å². The Morgan fingerprint density at radius 2 is 2.00 bits per heavy atom. The third-order valence-electron chi connectivity index (χ3n) is 2.24. The summed E-state index contributed by atoms with van der Waals surface area (Å²) >= 11 is 1.63. The van der Waals surface area contributed by atoms with Crippen LogP contribution in [-0.4, -0.2) is 36.0 Å². The van der Waals surface area contributed by atoms with E-state index >= 15 is 0 Å². The molecule has 16 heavy (non-hydrogen) atoms. The van der Waals surface area contributed by atoms with E-state index in [9.17, 15) is 9.59 Å². The molecule has 0 radical (unpaired) electrons. The van der Waals surface area contributed by atoms with Gasteiger partial charge in [0, 0.05) is 6.04 Å². The van der Waals surface area contributed by atoms with Crippen molar-refractivity contribution in [1.29, 1.82) is 0 Å². The summed E-state index contributed by atoms with van der Waals surface area (Å²) in [6, 6.07) is -1.08. The number of rotatable bonds is 7. The number of carbonyl (C=O) groups is 2. The number of urea groups is 1. The molecule has 0 spiro atoms. The lowest BCUT2D eigenvalue weighted by molar-refractivity contribution is -0.123. The molecule has 2 unspecified atom stereocenters. The van der Waals surface area contributed by atoms with Crippen molar-refractivity contribution in [3.63, 3.8) is 0 Å². The molecule has 5 nitrogen and oxygen atoms in total. The highest BCUT2D eigenvalue weighted by atomic mass is 32.2. The molecule has 0 aromatic rings. The van der Waals surface area contributed by atoms with E-state index in [0.29, 0.717) is 6.42 Å². The third-order valence-corrected chi connectivity index (χ3v) is 2.89. The van der Waals surface area contributed by atoms with Crippen molar-refractivity contribution in [1.82, 2.24) is 10.6 Å². The number of carbonyl (C=O) groups excluding carboxylic acids is 2. The van der Waals surface area contributed by atoms with Crippen LogP contribution < -0.4 is 16.4 Å². The molecule has 0 aliphatic heterocycles. The molecule has 0 aromatic heterocycles. The van der Waals surface area contributed by atoms with Crippen LogP contribution in [0.1, 0.15) is 26.7 Å². The van der Waals surface area contributed by atoms with Crippen LogP contribution in [-0.2, 0) is 4.79 Å². The lowest BCUT2D eigenvalue weighted by Gasteiger charge is -2.19. The first-order valence-corrected chi connectivity index (χ1v) is 6.75. The highest BCUT2D eigenvalue weighted by Crippen LogP contribution is 2.02. The molecule has 4 N–H and O–H groups in total. The van der Waals surface area contributed by atoms with Crippen molar-refractivity contribution in [3.05, 3.63) is 0 Å². The first kappa shape index (κ1) is 15.1. The SMILES string of the molecule is CCC(C)NC(=O)C(CCSC)NC(N)=O. The normalized spacial score (nSPS) is 13.9. The van der Waals surface area contributed by atoms with Crippen molar-refractivity contribution < 1.29 is 9.59 Å². The van der Waals surface area contributed by atoms with Crippen molar-refractivity contribution >= 4 is 23.7 Å². The minimum absolute atomic E-state index is 0.110. The Hall–Kier alpha value is -0.910. The summed E-state index contributed by atoms with van der Waals surface area (Å²) in [5.41, 5.74) is 5.03. The number of hydrogen-bond donors (Lipinski definition) is 3. The lowest BCUT2D eigenvalue weighted by Crippen LogP contribution is -2.50. The molecule has 0 saturated carbocycles. The van der Waals surface area contributed by atoms with E-state index in [1.54, 1.807) is 11.8 Å². The first-order valence-electron chi connectivity index (χ1n) is 5.36. The van der Waals surface area contributed by atoms with Gasteiger partial charge in [0.25, 0.3) is 0 Å². The minimum Gasteiger partial charge on any atom is -0.352 e. The summed E-state index contributed by atoms with van der Waals surface area (Å²) in [5.74, 6) is 0.640. The fourth-order valence-corrected chi connectivity index (χ4v) is 1.59. The van der Waals surface area contributed by atoms with Gasteiger partial charge < -0.3 is 16.4 Å². The molecule has 0 bridgehead atoms. The van der Waals surface area contributed by atoms with Gasteiger partial charge in [0.1, 0.15) is 6.04 Å². The second kappa shape index (κ2) is 8.27. The average molecular weight is 247 g/mol. The molecule has 94 valence electrons. The van der Waals surface area contributed by atoms with Gasteiger partial charge in [0.2, 0.25) is 5.91 Å². The molecule has 0 aliphatic rings. The zero-order valence-corrected chi connectivity index (χ0v) is 10.9. The quantitative estimate of drug-likeness (QED) is 0.619. The topological polar surface area (TPSA) is 84.2 Å². The lowest BCUT2D eigenvalue weighted by atomic mass is 10.2. The predicted molar refractivity (Wildman–Crippen MR) is 67.4 cm³/mol. The van der Waals surface area contributed by atoms with Crippen LogP contribution in [0.5, 0.6) is 0 Å². The summed E-state index contributed by atoms with van der Waals surface area (Å²) in [6.07, 6.45) is 3.40. The van der Waals surface area contributed by atoms with E-state index in [0.717, 1.165) is 12.2 Å². The molecular weight excluding hydrogens is 226 g/mol. The average Bonchev–Trinajstić information content (AvgIpc) is 2.23. The molecule has 6 heteroatoms. The van der Waals surface area contributed by atoms with Crippen LogP contribution in [0.3, 0.4) is 0 Å². The van der Waals surface area contributed by atoms with Crippen molar-refractivity contribution in [3.8, 4) is 0 Å². The van der Waals surface area contributed by atoms with E-state index in [1.165, 1.54) is 0 Å². The Morgan fingerprint density at radius 3 is 2.44 bits per heavy atom. The number of thioether (sulfide) groups is 1. The number of nitrogens with two attached hydrogens (primary N) is 1. The molecule has 0 fully saturated rings. The standard InChI is InChI=1S/C10H21N3O2S/c1-4-7(2)12-9(14)8(5-6-16-3)13-10(11)15/h7-8H,4-6H2,1-3H3,(H,12,14)(H3,11,13,15). The second-order valence-electron chi connectivity index (χ2n) is 3.66. The van der Waals surface area contributed by atoms with Gasteiger partial charge in [-0.1, -0.05) is 6.92 Å². The zero-order valence-electron chi connectivity index (χ0n) is 10.1. The molecule has 0 aromatic carbocycles. The number of nitrogens with one attached hydrogen (secondary N) is 2. The number of hydrogen-bond acceptors (Lipinski definition) is 3. The van der Waals surface area contributed by atoms with Crippen LogP contribution in [0, 0.1) is 0 Å².